The summed E-state index contributed by atoms with van der Waals surface area (Å²) in [7, 11) is 0. The summed E-state index contributed by atoms with van der Waals surface area (Å²) in [4.78, 5) is 27.1. The van der Waals surface area contributed by atoms with Gasteiger partial charge in [0.1, 0.15) is 6.10 Å². The lowest BCUT2D eigenvalue weighted by Crippen LogP contribution is -2.39. The van der Waals surface area contributed by atoms with Gasteiger partial charge < -0.3 is 15.4 Å². The smallest absolute Gasteiger partial charge is 0.225 e. The van der Waals surface area contributed by atoms with Gasteiger partial charge in [0.15, 0.2) is 0 Å². The van der Waals surface area contributed by atoms with Gasteiger partial charge in [0, 0.05) is 49.8 Å². The average Bonchev–Trinajstić information content (AvgIpc) is 3.23. The summed E-state index contributed by atoms with van der Waals surface area (Å²) < 4.78 is 5.91. The predicted molar refractivity (Wildman–Crippen MR) is 97.3 cm³/mol. The van der Waals surface area contributed by atoms with Gasteiger partial charge in [-0.3, -0.25) is 9.78 Å². The van der Waals surface area contributed by atoms with Crippen molar-refractivity contribution in [1.82, 2.24) is 15.0 Å². The average molecular weight is 353 g/mol. The molecule has 0 saturated carbocycles. The summed E-state index contributed by atoms with van der Waals surface area (Å²) in [6, 6.07) is 3.93. The fourth-order valence-corrected chi connectivity index (χ4v) is 3.69. The van der Waals surface area contributed by atoms with Crippen LogP contribution in [-0.4, -0.2) is 40.6 Å². The second-order valence-corrected chi connectivity index (χ2v) is 6.87. The largest absolute Gasteiger partial charge is 0.372 e. The van der Waals surface area contributed by atoms with Crippen molar-refractivity contribution in [2.45, 2.75) is 31.8 Å². The Morgan fingerprint density at radius 3 is 2.62 bits per heavy atom. The lowest BCUT2D eigenvalue weighted by molar-refractivity contribution is -0.122. The van der Waals surface area contributed by atoms with Gasteiger partial charge in [0.05, 0.1) is 5.69 Å². The number of nitrogens with two attached hydrogens (primary N) is 1. The van der Waals surface area contributed by atoms with Crippen molar-refractivity contribution in [2.24, 2.45) is 11.7 Å². The lowest BCUT2D eigenvalue weighted by atomic mass is 9.96. The van der Waals surface area contributed by atoms with E-state index in [-0.39, 0.29) is 17.9 Å². The Bertz CT molecular complexity index is 769. The molecule has 7 nitrogen and oxygen atoms in total. The molecule has 1 atom stereocenters. The molecule has 2 aliphatic rings. The molecular formula is C19H23N5O2. The van der Waals surface area contributed by atoms with E-state index in [1.165, 1.54) is 0 Å². The summed E-state index contributed by atoms with van der Waals surface area (Å²) >= 11 is 0. The fraction of sp³-hybridized carbons (Fsp3) is 0.474. The van der Waals surface area contributed by atoms with Gasteiger partial charge >= 0.3 is 0 Å². The molecule has 2 aromatic rings. The van der Waals surface area contributed by atoms with Crippen LogP contribution in [0.25, 0.3) is 11.1 Å². The van der Waals surface area contributed by atoms with Crippen molar-refractivity contribution in [3.8, 4) is 11.1 Å². The van der Waals surface area contributed by atoms with Crippen molar-refractivity contribution in [1.29, 1.82) is 0 Å². The second-order valence-electron chi connectivity index (χ2n) is 6.87. The third kappa shape index (κ3) is 3.39. The minimum absolute atomic E-state index is 0.00285. The van der Waals surface area contributed by atoms with Gasteiger partial charge in [0.25, 0.3) is 0 Å². The number of anilines is 1. The number of piperidine rings is 1. The van der Waals surface area contributed by atoms with E-state index < -0.39 is 0 Å². The van der Waals surface area contributed by atoms with Crippen molar-refractivity contribution in [2.75, 3.05) is 24.6 Å². The van der Waals surface area contributed by atoms with Gasteiger partial charge in [-0.15, -0.1) is 0 Å². The number of hydrogen-bond donors (Lipinski definition) is 1. The molecule has 0 aliphatic carbocycles. The van der Waals surface area contributed by atoms with Crippen LogP contribution in [0.1, 0.15) is 37.5 Å². The molecule has 0 bridgehead atoms. The Morgan fingerprint density at radius 2 is 1.96 bits per heavy atom. The second kappa shape index (κ2) is 7.37. The van der Waals surface area contributed by atoms with Crippen molar-refractivity contribution >= 4 is 11.9 Å². The van der Waals surface area contributed by atoms with Crippen molar-refractivity contribution < 1.29 is 9.53 Å². The van der Waals surface area contributed by atoms with Crippen LogP contribution >= 0.6 is 0 Å². The molecule has 2 aromatic heterocycles. The van der Waals surface area contributed by atoms with E-state index in [1.807, 2.05) is 18.3 Å². The number of ether oxygens (including phenoxy) is 1. The molecule has 0 spiro atoms. The number of aromatic nitrogens is 3. The van der Waals surface area contributed by atoms with Gasteiger partial charge in [-0.1, -0.05) is 0 Å². The Labute approximate surface area is 152 Å². The molecular weight excluding hydrogens is 330 g/mol. The van der Waals surface area contributed by atoms with Gasteiger partial charge in [-0.25, -0.2) is 9.97 Å². The van der Waals surface area contributed by atoms with Crippen molar-refractivity contribution in [3.63, 3.8) is 0 Å². The van der Waals surface area contributed by atoms with Gasteiger partial charge in [-0.2, -0.15) is 0 Å². The molecule has 2 aliphatic heterocycles. The van der Waals surface area contributed by atoms with Crippen LogP contribution < -0.4 is 10.6 Å². The zero-order valence-electron chi connectivity index (χ0n) is 14.7. The third-order valence-corrected chi connectivity index (χ3v) is 5.21. The number of nitrogens with zero attached hydrogens (tertiary/aromatic N) is 4. The molecule has 4 heterocycles. The highest BCUT2D eigenvalue weighted by molar-refractivity contribution is 5.77. The maximum absolute atomic E-state index is 11.4. The van der Waals surface area contributed by atoms with Gasteiger partial charge in [-0.05, 0) is 43.4 Å². The summed E-state index contributed by atoms with van der Waals surface area (Å²) in [5, 5.41) is 0. The molecule has 26 heavy (non-hydrogen) atoms. The van der Waals surface area contributed by atoms with E-state index in [0.717, 1.165) is 62.2 Å². The predicted octanol–water partition coefficient (Wildman–Crippen LogP) is 2.09. The SMILES string of the molecule is NC(=O)C1CCN(c2ncc(-c3ccncc3)c([C@H]3CCCO3)n2)CC1. The molecule has 0 aromatic carbocycles. The summed E-state index contributed by atoms with van der Waals surface area (Å²) in [5.41, 5.74) is 8.41. The highest BCUT2D eigenvalue weighted by atomic mass is 16.5. The summed E-state index contributed by atoms with van der Waals surface area (Å²) in [6.07, 6.45) is 8.95. The normalized spacial score (nSPS) is 21.1. The maximum atomic E-state index is 11.4. The number of hydrogen-bond acceptors (Lipinski definition) is 6. The standard InChI is InChI=1S/C19H23N5O2/c20-18(25)14-5-9-24(10-6-14)19-22-12-15(13-3-7-21-8-4-13)17(23-19)16-2-1-11-26-16/h3-4,7-8,12,14,16H,1-2,5-6,9-11H2,(H2,20,25)/t16-/m1/s1. The number of pyridine rings is 1. The Kier molecular flexibility index (Phi) is 4.79. The van der Waals surface area contributed by atoms with Gasteiger partial charge in [0.2, 0.25) is 11.9 Å². The molecule has 136 valence electrons. The minimum Gasteiger partial charge on any atom is -0.372 e. The van der Waals surface area contributed by atoms with E-state index in [9.17, 15) is 4.79 Å². The van der Waals surface area contributed by atoms with Crippen LogP contribution in [0.5, 0.6) is 0 Å². The molecule has 2 saturated heterocycles. The third-order valence-electron chi connectivity index (χ3n) is 5.21. The van der Waals surface area contributed by atoms with E-state index >= 15 is 0 Å². The lowest BCUT2D eigenvalue weighted by Gasteiger charge is -2.31. The maximum Gasteiger partial charge on any atom is 0.225 e. The number of amides is 1. The van der Waals surface area contributed by atoms with Crippen molar-refractivity contribution in [3.05, 3.63) is 36.4 Å². The Balaban J connectivity index is 1.63. The number of carbonyl (C=O) groups is 1. The zero-order chi connectivity index (χ0) is 17.9. The first kappa shape index (κ1) is 16.9. The number of primary amides is 1. The highest BCUT2D eigenvalue weighted by Crippen LogP contribution is 2.35. The van der Waals surface area contributed by atoms with Crippen LogP contribution in [0.4, 0.5) is 5.95 Å². The first-order valence-electron chi connectivity index (χ1n) is 9.15. The molecule has 2 fully saturated rings. The van der Waals surface area contributed by atoms with E-state index in [1.54, 1.807) is 12.4 Å². The van der Waals surface area contributed by atoms with E-state index in [4.69, 9.17) is 15.5 Å². The molecule has 1 amide bonds. The minimum atomic E-state index is -0.210. The topological polar surface area (TPSA) is 94.2 Å². The van der Waals surface area contributed by atoms with Crippen LogP contribution in [0.3, 0.4) is 0 Å². The Morgan fingerprint density at radius 1 is 1.19 bits per heavy atom. The number of rotatable bonds is 4. The van der Waals surface area contributed by atoms with Crippen LogP contribution in [0.2, 0.25) is 0 Å². The molecule has 0 unspecified atom stereocenters. The monoisotopic (exact) mass is 353 g/mol. The zero-order valence-corrected chi connectivity index (χ0v) is 14.7. The first-order chi connectivity index (χ1) is 12.7. The Hall–Kier alpha value is -2.54. The number of carbonyl (C=O) groups excluding carboxylic acids is 1. The summed E-state index contributed by atoms with van der Waals surface area (Å²) in [5.74, 6) is 0.454. The van der Waals surface area contributed by atoms with Crippen LogP contribution in [-0.2, 0) is 9.53 Å². The quantitative estimate of drug-likeness (QED) is 0.904. The molecule has 2 N–H and O–H groups in total. The highest BCUT2D eigenvalue weighted by Gasteiger charge is 2.27. The van der Waals surface area contributed by atoms with Crippen LogP contribution in [0, 0.1) is 5.92 Å². The fourth-order valence-electron chi connectivity index (χ4n) is 3.69. The molecule has 4 rings (SSSR count). The van der Waals surface area contributed by atoms with E-state index in [0.29, 0.717) is 5.95 Å². The molecule has 0 radical (unpaired) electrons. The first-order valence-corrected chi connectivity index (χ1v) is 9.15. The van der Waals surface area contributed by atoms with Crippen LogP contribution in [0.15, 0.2) is 30.7 Å². The van der Waals surface area contributed by atoms with E-state index in [2.05, 4.69) is 14.9 Å². The molecule has 7 heteroatoms. The summed E-state index contributed by atoms with van der Waals surface area (Å²) in [6.45, 7) is 2.25.